The van der Waals surface area contributed by atoms with Gasteiger partial charge in [0.15, 0.2) is 0 Å². The van der Waals surface area contributed by atoms with E-state index < -0.39 is 0 Å². The Morgan fingerprint density at radius 2 is 2.05 bits per heavy atom. The van der Waals surface area contributed by atoms with Crippen LogP contribution >= 0.6 is 12.4 Å². The number of hydrogen-bond donors (Lipinski definition) is 1. The van der Waals surface area contributed by atoms with Gasteiger partial charge < -0.3 is 5.32 Å². The van der Waals surface area contributed by atoms with E-state index in [1.54, 1.807) is 12.1 Å². The van der Waals surface area contributed by atoms with E-state index in [0.717, 1.165) is 6.42 Å². The molecule has 1 saturated carbocycles. The monoisotopic (exact) mass is 290 g/mol. The van der Waals surface area contributed by atoms with Gasteiger partial charge in [0, 0.05) is 30.3 Å². The van der Waals surface area contributed by atoms with E-state index in [1.165, 1.54) is 17.3 Å². The second-order valence-corrected chi connectivity index (χ2v) is 5.45. The second-order valence-electron chi connectivity index (χ2n) is 5.45. The summed E-state index contributed by atoms with van der Waals surface area (Å²) in [6.45, 7) is 0.569. The first-order valence-electron chi connectivity index (χ1n) is 6.75. The van der Waals surface area contributed by atoms with Crippen molar-refractivity contribution in [2.75, 3.05) is 0 Å². The molecule has 104 valence electrons. The summed E-state index contributed by atoms with van der Waals surface area (Å²) in [6, 6.07) is 12.7. The first-order valence-corrected chi connectivity index (χ1v) is 6.75. The van der Waals surface area contributed by atoms with Gasteiger partial charge in [-0.05, 0) is 29.5 Å². The molecule has 2 aromatic rings. The lowest BCUT2D eigenvalue weighted by Gasteiger charge is -2.09. The highest BCUT2D eigenvalue weighted by atomic mass is 35.5. The summed E-state index contributed by atoms with van der Waals surface area (Å²) in [5.74, 6) is 0.981. The van der Waals surface area contributed by atoms with Gasteiger partial charge in [-0.1, -0.05) is 30.3 Å². The van der Waals surface area contributed by atoms with Crippen molar-refractivity contribution in [3.63, 3.8) is 0 Å². The standard InChI is InChI=1S/C16H15FN2.ClH/c17-16-11(5-3-7-18-16)9-19-15-13-8-10-4-1-2-6-12(10)14(13)15;/h1-7,13-15,19H,8-9H2;1H/t13-,14+,15-;/m0./s1. The molecule has 1 aromatic carbocycles. The Labute approximate surface area is 123 Å². The smallest absolute Gasteiger partial charge is 0.217 e. The Bertz CT molecular complexity index is 631. The second kappa shape index (κ2) is 5.15. The molecular formula is C16H16ClFN2. The van der Waals surface area contributed by atoms with Gasteiger partial charge in [-0.2, -0.15) is 4.39 Å². The highest BCUT2D eigenvalue weighted by Gasteiger charge is 2.55. The molecule has 0 amide bonds. The maximum absolute atomic E-state index is 13.4. The Hall–Kier alpha value is -1.45. The van der Waals surface area contributed by atoms with Gasteiger partial charge in [-0.25, -0.2) is 4.98 Å². The number of aromatic nitrogens is 1. The molecule has 4 heteroatoms. The van der Waals surface area contributed by atoms with Crippen molar-refractivity contribution in [2.24, 2.45) is 5.92 Å². The van der Waals surface area contributed by atoms with Crippen LogP contribution in [0.3, 0.4) is 0 Å². The van der Waals surface area contributed by atoms with Crippen LogP contribution in [0.4, 0.5) is 4.39 Å². The molecule has 3 atom stereocenters. The molecule has 0 unspecified atom stereocenters. The fourth-order valence-corrected chi connectivity index (χ4v) is 3.41. The van der Waals surface area contributed by atoms with E-state index in [1.807, 2.05) is 0 Å². The summed E-state index contributed by atoms with van der Waals surface area (Å²) >= 11 is 0. The summed E-state index contributed by atoms with van der Waals surface area (Å²) < 4.78 is 13.4. The van der Waals surface area contributed by atoms with Crippen LogP contribution in [0.2, 0.25) is 0 Å². The number of hydrogen-bond acceptors (Lipinski definition) is 2. The molecule has 0 saturated heterocycles. The quantitative estimate of drug-likeness (QED) is 0.879. The topological polar surface area (TPSA) is 24.9 Å². The average molecular weight is 291 g/mol. The van der Waals surface area contributed by atoms with Crippen LogP contribution in [0.25, 0.3) is 0 Å². The Morgan fingerprint density at radius 3 is 2.90 bits per heavy atom. The average Bonchev–Trinajstić information content (AvgIpc) is 2.97. The fraction of sp³-hybridized carbons (Fsp3) is 0.312. The molecule has 0 radical (unpaired) electrons. The normalized spacial score (nSPS) is 25.6. The zero-order chi connectivity index (χ0) is 12.8. The number of pyridine rings is 1. The molecule has 20 heavy (non-hydrogen) atoms. The Morgan fingerprint density at radius 1 is 1.20 bits per heavy atom. The molecule has 0 spiro atoms. The van der Waals surface area contributed by atoms with Crippen LogP contribution in [0.15, 0.2) is 42.6 Å². The van der Waals surface area contributed by atoms with Crippen LogP contribution in [-0.4, -0.2) is 11.0 Å². The number of nitrogens with zero attached hydrogens (tertiary/aromatic N) is 1. The van der Waals surface area contributed by atoms with Crippen LogP contribution in [0.1, 0.15) is 22.6 Å². The zero-order valence-electron chi connectivity index (χ0n) is 10.9. The fourth-order valence-electron chi connectivity index (χ4n) is 3.41. The number of fused-ring (bicyclic) bond motifs is 3. The maximum atomic E-state index is 13.4. The molecule has 2 aliphatic rings. The van der Waals surface area contributed by atoms with Crippen molar-refractivity contribution in [1.82, 2.24) is 10.3 Å². The van der Waals surface area contributed by atoms with E-state index in [9.17, 15) is 4.39 Å². The molecule has 1 heterocycles. The summed E-state index contributed by atoms with van der Waals surface area (Å²) in [7, 11) is 0. The Kier molecular flexibility index (Phi) is 3.48. The summed E-state index contributed by atoms with van der Waals surface area (Å²) in [4.78, 5) is 3.68. The lowest BCUT2D eigenvalue weighted by atomic mass is 10.1. The lowest BCUT2D eigenvalue weighted by Crippen LogP contribution is -2.21. The van der Waals surface area contributed by atoms with Crippen molar-refractivity contribution in [3.8, 4) is 0 Å². The van der Waals surface area contributed by atoms with Gasteiger partial charge in [0.25, 0.3) is 0 Å². The molecule has 0 bridgehead atoms. The zero-order valence-corrected chi connectivity index (χ0v) is 11.7. The molecule has 2 nitrogen and oxygen atoms in total. The maximum Gasteiger partial charge on any atom is 0.217 e. The number of nitrogens with one attached hydrogen (secondary N) is 1. The third-order valence-electron chi connectivity index (χ3n) is 4.40. The van der Waals surface area contributed by atoms with Gasteiger partial charge in [0.1, 0.15) is 0 Å². The van der Waals surface area contributed by atoms with Gasteiger partial charge in [-0.15, -0.1) is 12.4 Å². The predicted molar refractivity (Wildman–Crippen MR) is 78.4 cm³/mol. The van der Waals surface area contributed by atoms with E-state index in [4.69, 9.17) is 0 Å². The lowest BCUT2D eigenvalue weighted by molar-refractivity contribution is 0.542. The Balaban J connectivity index is 0.00000121. The van der Waals surface area contributed by atoms with Gasteiger partial charge in [-0.3, -0.25) is 0 Å². The van der Waals surface area contributed by atoms with Gasteiger partial charge in [0.05, 0.1) is 0 Å². The summed E-state index contributed by atoms with van der Waals surface area (Å²) in [5.41, 5.74) is 3.63. The first kappa shape index (κ1) is 13.5. The molecule has 4 rings (SSSR count). The molecule has 2 aliphatic carbocycles. The van der Waals surface area contributed by atoms with Crippen molar-refractivity contribution in [2.45, 2.75) is 24.9 Å². The third-order valence-corrected chi connectivity index (χ3v) is 4.40. The highest BCUT2D eigenvalue weighted by Crippen LogP contribution is 2.56. The van der Waals surface area contributed by atoms with Crippen LogP contribution < -0.4 is 5.32 Å². The van der Waals surface area contributed by atoms with Gasteiger partial charge in [0.2, 0.25) is 5.95 Å². The highest BCUT2D eigenvalue weighted by molar-refractivity contribution is 5.85. The molecule has 1 fully saturated rings. The molecule has 1 N–H and O–H groups in total. The van der Waals surface area contributed by atoms with Crippen molar-refractivity contribution < 1.29 is 4.39 Å². The van der Waals surface area contributed by atoms with Crippen molar-refractivity contribution in [3.05, 3.63) is 65.2 Å². The van der Waals surface area contributed by atoms with E-state index in [0.29, 0.717) is 30.0 Å². The van der Waals surface area contributed by atoms with Crippen LogP contribution in [0, 0.1) is 11.9 Å². The number of halogens is 2. The van der Waals surface area contributed by atoms with Crippen molar-refractivity contribution in [1.29, 1.82) is 0 Å². The predicted octanol–water partition coefficient (Wildman–Crippen LogP) is 3.07. The summed E-state index contributed by atoms with van der Waals surface area (Å²) in [5, 5.41) is 3.48. The van der Waals surface area contributed by atoms with Crippen LogP contribution in [-0.2, 0) is 13.0 Å². The SMILES string of the molecule is Cl.Fc1ncccc1CN[C@H]1[C@H]2Cc3ccccc3[C@H]21. The first-order chi connectivity index (χ1) is 9.34. The summed E-state index contributed by atoms with van der Waals surface area (Å²) in [6.07, 6.45) is 2.65. The number of benzene rings is 1. The minimum absolute atomic E-state index is 0. The van der Waals surface area contributed by atoms with Gasteiger partial charge >= 0.3 is 0 Å². The molecular weight excluding hydrogens is 275 g/mol. The van der Waals surface area contributed by atoms with E-state index in [2.05, 4.69) is 34.6 Å². The molecule has 1 aromatic heterocycles. The van der Waals surface area contributed by atoms with E-state index in [-0.39, 0.29) is 18.4 Å². The largest absolute Gasteiger partial charge is 0.309 e. The van der Waals surface area contributed by atoms with Crippen molar-refractivity contribution >= 4 is 12.4 Å². The minimum Gasteiger partial charge on any atom is -0.309 e. The minimum atomic E-state index is -0.360. The third kappa shape index (κ3) is 2.11. The van der Waals surface area contributed by atoms with Crippen LogP contribution in [0.5, 0.6) is 0 Å². The molecule has 0 aliphatic heterocycles. The van der Waals surface area contributed by atoms with E-state index >= 15 is 0 Å². The number of rotatable bonds is 3.